The molecule has 1 amide bonds. The van der Waals surface area contributed by atoms with E-state index >= 15 is 0 Å². The van der Waals surface area contributed by atoms with Crippen LogP contribution in [0.4, 0.5) is 17.3 Å². The number of nitrogens with zero attached hydrogens (tertiary/aromatic N) is 5. The molecule has 0 spiro atoms. The monoisotopic (exact) mass is 554 g/mol. The average molecular weight is 555 g/mol. The summed E-state index contributed by atoms with van der Waals surface area (Å²) < 4.78 is 1.84. The van der Waals surface area contributed by atoms with Crippen molar-refractivity contribution in [1.82, 2.24) is 24.8 Å². The molecular weight excluding hydrogens is 531 g/mol. The van der Waals surface area contributed by atoms with Crippen LogP contribution in [0.3, 0.4) is 0 Å². The quantitative estimate of drug-likeness (QED) is 0.142. The molecule has 0 aliphatic heterocycles. The Morgan fingerprint density at radius 3 is 2.66 bits per heavy atom. The molecule has 1 aromatic carbocycles. The number of halogens is 2. The molecule has 4 rings (SSSR count). The number of aromatic nitrogens is 4. The molecule has 0 radical (unpaired) electrons. The minimum Gasteiger partial charge on any atom is -0.378 e. The minimum absolute atomic E-state index is 0.160. The van der Waals surface area contributed by atoms with Crippen molar-refractivity contribution >= 4 is 46.4 Å². The van der Waals surface area contributed by atoms with Crippen molar-refractivity contribution in [3.05, 3.63) is 92.2 Å². The summed E-state index contributed by atoms with van der Waals surface area (Å²) in [5.74, 6) is -0.0139. The molecule has 0 aliphatic rings. The van der Waals surface area contributed by atoms with Gasteiger partial charge in [-0.1, -0.05) is 29.3 Å². The lowest BCUT2D eigenvalue weighted by Gasteiger charge is -2.11. The zero-order valence-electron chi connectivity index (χ0n) is 20.3. The van der Waals surface area contributed by atoms with E-state index in [0.29, 0.717) is 46.8 Å². The maximum absolute atomic E-state index is 13.1. The van der Waals surface area contributed by atoms with E-state index < -0.39 is 4.92 Å². The Labute approximate surface area is 228 Å². The molecule has 196 valence electrons. The number of carbonyl (C=O) groups excluding carboxylic acids is 1. The zero-order valence-corrected chi connectivity index (χ0v) is 21.8. The Hall–Kier alpha value is -4.22. The molecule has 0 unspecified atom stereocenters. The first-order valence-electron chi connectivity index (χ1n) is 11.6. The summed E-state index contributed by atoms with van der Waals surface area (Å²) in [5.41, 5.74) is 8.81. The van der Waals surface area contributed by atoms with Gasteiger partial charge in [-0.2, -0.15) is 0 Å². The number of rotatable bonds is 10. The predicted octanol–water partition coefficient (Wildman–Crippen LogP) is 4.88. The number of nitrogen functional groups attached to an aromatic ring is 1. The predicted molar refractivity (Wildman–Crippen MR) is 146 cm³/mol. The van der Waals surface area contributed by atoms with Crippen LogP contribution in [0.2, 0.25) is 10.0 Å². The van der Waals surface area contributed by atoms with E-state index in [4.69, 9.17) is 28.9 Å². The van der Waals surface area contributed by atoms with E-state index in [9.17, 15) is 14.9 Å². The molecule has 0 saturated carbocycles. The van der Waals surface area contributed by atoms with E-state index in [1.54, 1.807) is 36.7 Å². The van der Waals surface area contributed by atoms with Crippen molar-refractivity contribution < 1.29 is 9.72 Å². The van der Waals surface area contributed by atoms with Gasteiger partial charge in [-0.15, -0.1) is 0 Å². The van der Waals surface area contributed by atoms with Crippen molar-refractivity contribution in [3.8, 4) is 11.1 Å². The minimum atomic E-state index is -0.583. The molecule has 11 nitrogen and oxygen atoms in total. The molecule has 4 N–H and O–H groups in total. The first kappa shape index (κ1) is 26.8. The summed E-state index contributed by atoms with van der Waals surface area (Å²) in [6.45, 7) is 3.05. The van der Waals surface area contributed by atoms with Crippen LogP contribution >= 0.6 is 23.2 Å². The number of nitro groups is 1. The summed E-state index contributed by atoms with van der Waals surface area (Å²) in [6.07, 6.45) is 5.74. The highest BCUT2D eigenvalue weighted by Crippen LogP contribution is 2.32. The molecule has 0 saturated heterocycles. The second kappa shape index (κ2) is 11.9. The van der Waals surface area contributed by atoms with Gasteiger partial charge in [0.2, 0.25) is 5.82 Å². The first-order valence-corrected chi connectivity index (χ1v) is 12.3. The Morgan fingerprint density at radius 2 is 1.97 bits per heavy atom. The van der Waals surface area contributed by atoms with Crippen LogP contribution in [0.25, 0.3) is 11.1 Å². The Kier molecular flexibility index (Phi) is 8.39. The Balaban J connectivity index is 1.48. The van der Waals surface area contributed by atoms with Gasteiger partial charge in [0.05, 0.1) is 29.1 Å². The zero-order chi connectivity index (χ0) is 27.2. The lowest BCUT2D eigenvalue weighted by molar-refractivity contribution is -0.384. The third-order valence-corrected chi connectivity index (χ3v) is 6.16. The van der Waals surface area contributed by atoms with Crippen molar-refractivity contribution in [2.45, 2.75) is 26.4 Å². The molecule has 3 aromatic heterocycles. The normalized spacial score (nSPS) is 10.8. The number of nitrogens with one attached hydrogen (secondary N) is 2. The highest BCUT2D eigenvalue weighted by molar-refractivity contribution is 6.36. The largest absolute Gasteiger partial charge is 0.378 e. The Bertz CT molecular complexity index is 1470. The van der Waals surface area contributed by atoms with Gasteiger partial charge in [0.15, 0.2) is 0 Å². The number of pyridine rings is 1. The number of anilines is 2. The molecule has 4 aromatic rings. The summed E-state index contributed by atoms with van der Waals surface area (Å²) in [7, 11) is 0. The van der Waals surface area contributed by atoms with Crippen LogP contribution in [0, 0.1) is 17.0 Å². The van der Waals surface area contributed by atoms with Crippen LogP contribution in [-0.4, -0.2) is 36.9 Å². The van der Waals surface area contributed by atoms with Gasteiger partial charge in [-0.25, -0.2) is 4.98 Å². The summed E-state index contributed by atoms with van der Waals surface area (Å²) in [6, 6.07) is 9.77. The third-order valence-electron chi connectivity index (χ3n) is 5.62. The lowest BCUT2D eigenvalue weighted by atomic mass is 10.1. The van der Waals surface area contributed by atoms with Gasteiger partial charge in [0.25, 0.3) is 5.91 Å². The summed E-state index contributed by atoms with van der Waals surface area (Å²) >= 11 is 12.5. The van der Waals surface area contributed by atoms with E-state index in [-0.39, 0.29) is 24.0 Å². The molecule has 13 heteroatoms. The fourth-order valence-electron chi connectivity index (χ4n) is 3.72. The summed E-state index contributed by atoms with van der Waals surface area (Å²) in [5, 5.41) is 17.9. The van der Waals surface area contributed by atoms with E-state index in [1.165, 1.54) is 12.1 Å². The number of carbonyl (C=O) groups is 1. The number of benzene rings is 1. The molecule has 38 heavy (non-hydrogen) atoms. The van der Waals surface area contributed by atoms with Crippen molar-refractivity contribution in [3.63, 3.8) is 0 Å². The molecule has 0 atom stereocenters. The maximum atomic E-state index is 13.1. The number of hydrogen-bond donors (Lipinski definition) is 3. The lowest BCUT2D eigenvalue weighted by Crippen LogP contribution is -2.26. The van der Waals surface area contributed by atoms with Crippen molar-refractivity contribution in [1.29, 1.82) is 0 Å². The fourth-order valence-corrected chi connectivity index (χ4v) is 4.23. The van der Waals surface area contributed by atoms with Gasteiger partial charge in [0, 0.05) is 52.7 Å². The summed E-state index contributed by atoms with van der Waals surface area (Å²) in [4.78, 5) is 36.0. The van der Waals surface area contributed by atoms with E-state index in [0.717, 1.165) is 16.8 Å². The molecule has 0 aliphatic carbocycles. The first-order chi connectivity index (χ1) is 18.2. The number of aryl methyl sites for hydroxylation is 2. The van der Waals surface area contributed by atoms with Crippen LogP contribution in [0.5, 0.6) is 0 Å². The van der Waals surface area contributed by atoms with Crippen molar-refractivity contribution in [2.24, 2.45) is 0 Å². The molecule has 0 fully saturated rings. The second-order valence-electron chi connectivity index (χ2n) is 8.40. The van der Waals surface area contributed by atoms with Gasteiger partial charge in [-0.05, 0) is 37.6 Å². The van der Waals surface area contributed by atoms with Crippen LogP contribution in [-0.2, 0) is 13.1 Å². The van der Waals surface area contributed by atoms with Gasteiger partial charge in [0.1, 0.15) is 11.5 Å². The van der Waals surface area contributed by atoms with E-state index in [2.05, 4.69) is 25.6 Å². The fraction of sp³-hybridized carbons (Fsp3) is 0.200. The highest BCUT2D eigenvalue weighted by atomic mass is 35.5. The number of nitrogens with two attached hydrogens (primary N) is 1. The van der Waals surface area contributed by atoms with E-state index in [1.807, 2.05) is 17.7 Å². The maximum Gasteiger partial charge on any atom is 0.311 e. The SMILES string of the molecule is Cc1cnc(CNC(=O)c2cc(-c3ccc(Cl)cc3Cl)cn2CCCNc2ccc([N+](=O)[O-])c(N)n2)cn1. The van der Waals surface area contributed by atoms with Gasteiger partial charge >= 0.3 is 5.69 Å². The van der Waals surface area contributed by atoms with Gasteiger partial charge < -0.3 is 20.9 Å². The van der Waals surface area contributed by atoms with Crippen molar-refractivity contribution in [2.75, 3.05) is 17.6 Å². The average Bonchev–Trinajstić information content (AvgIpc) is 3.30. The number of hydrogen-bond acceptors (Lipinski definition) is 8. The van der Waals surface area contributed by atoms with Crippen LogP contribution in [0.1, 0.15) is 28.3 Å². The third kappa shape index (κ3) is 6.55. The second-order valence-corrected chi connectivity index (χ2v) is 9.25. The van der Waals surface area contributed by atoms with Crippen LogP contribution in [0.15, 0.2) is 55.0 Å². The molecular formula is C25H24Cl2N8O3. The van der Waals surface area contributed by atoms with Gasteiger partial charge in [-0.3, -0.25) is 24.9 Å². The number of amides is 1. The molecule has 0 bridgehead atoms. The smallest absolute Gasteiger partial charge is 0.311 e. The highest BCUT2D eigenvalue weighted by Gasteiger charge is 2.17. The standard InChI is InChI=1S/C25H24Cl2N8O3/c1-15-11-31-18(12-30-15)13-32-25(36)22-9-16(19-4-3-17(26)10-20(19)27)14-34(22)8-2-7-29-23-6-5-21(35(37)38)24(28)33-23/h3-6,9-12,14H,2,7-8,13H2,1H3,(H,32,36)(H3,28,29,33). The topological polar surface area (TPSA) is 154 Å². The Morgan fingerprint density at radius 1 is 1.16 bits per heavy atom. The molecule has 3 heterocycles. The van der Waals surface area contributed by atoms with Crippen LogP contribution < -0.4 is 16.4 Å².